The van der Waals surface area contributed by atoms with Gasteiger partial charge in [-0.25, -0.2) is 4.79 Å². The molecule has 0 radical (unpaired) electrons. The van der Waals surface area contributed by atoms with Gasteiger partial charge in [-0.15, -0.1) is 0 Å². The Morgan fingerprint density at radius 1 is 1.33 bits per heavy atom. The minimum Gasteiger partial charge on any atom is -0.478 e. The first-order chi connectivity index (χ1) is 11.4. The molecule has 0 saturated carbocycles. The molecule has 0 bridgehead atoms. The van der Waals surface area contributed by atoms with Crippen LogP contribution in [0.2, 0.25) is 0 Å². The van der Waals surface area contributed by atoms with Gasteiger partial charge in [0, 0.05) is 0 Å². The molecule has 1 aliphatic rings. The summed E-state index contributed by atoms with van der Waals surface area (Å²) in [6.07, 6.45) is 0.734. The summed E-state index contributed by atoms with van der Waals surface area (Å²) in [7, 11) is 0. The highest BCUT2D eigenvalue weighted by Gasteiger charge is 2.33. The zero-order valence-corrected chi connectivity index (χ0v) is 14.0. The van der Waals surface area contributed by atoms with Crippen LogP contribution >= 0.6 is 11.8 Å². The molecule has 0 aliphatic carbocycles. The fraction of sp³-hybridized carbons (Fsp3) is 0.467. The number of fused-ring (bicyclic) bond motifs is 1. The molecule has 1 aromatic carbocycles. The molecule has 3 atom stereocenters. The summed E-state index contributed by atoms with van der Waals surface area (Å²) in [4.78, 5) is 23.4. The molecule has 24 heavy (non-hydrogen) atoms. The van der Waals surface area contributed by atoms with Crippen LogP contribution in [0.15, 0.2) is 18.2 Å². The maximum atomic E-state index is 12.0. The van der Waals surface area contributed by atoms with Crippen molar-refractivity contribution in [1.29, 1.82) is 0 Å². The Bertz CT molecular complexity index is 612. The first-order valence-corrected chi connectivity index (χ1v) is 8.66. The lowest BCUT2D eigenvalue weighted by atomic mass is 10.0. The average Bonchev–Trinajstić information content (AvgIpc) is 3.03. The van der Waals surface area contributed by atoms with E-state index in [2.05, 4.69) is 0 Å². The van der Waals surface area contributed by atoms with Gasteiger partial charge in [0.15, 0.2) is 11.5 Å². The van der Waals surface area contributed by atoms with Gasteiger partial charge in [-0.2, -0.15) is 11.8 Å². The van der Waals surface area contributed by atoms with Gasteiger partial charge in [-0.3, -0.25) is 4.79 Å². The Labute approximate surface area is 143 Å². The quantitative estimate of drug-likeness (QED) is 0.569. The second-order valence-corrected chi connectivity index (χ2v) is 6.21. The van der Waals surface area contributed by atoms with Gasteiger partial charge in [0.1, 0.15) is 6.04 Å². The number of carbonyl (C=O) groups is 2. The van der Waals surface area contributed by atoms with Gasteiger partial charge in [-0.05, 0) is 36.1 Å². The van der Waals surface area contributed by atoms with E-state index in [-0.39, 0.29) is 6.79 Å². The predicted molar refractivity (Wildman–Crippen MR) is 88.0 cm³/mol. The van der Waals surface area contributed by atoms with Gasteiger partial charge in [0.25, 0.3) is 0 Å². The largest absolute Gasteiger partial charge is 0.478 e. The van der Waals surface area contributed by atoms with Crippen molar-refractivity contribution >= 4 is 23.7 Å². The predicted octanol–water partition coefficient (Wildman–Crippen LogP) is 0.492. The van der Waals surface area contributed by atoms with Crippen LogP contribution in [0.1, 0.15) is 18.0 Å². The number of carboxylic acid groups (broad SMARTS) is 1. The highest BCUT2D eigenvalue weighted by atomic mass is 32.2. The molecule has 1 aliphatic heterocycles. The van der Waals surface area contributed by atoms with Crippen molar-refractivity contribution < 1.29 is 28.9 Å². The Morgan fingerprint density at radius 3 is 2.71 bits per heavy atom. The molecule has 0 aromatic heterocycles. The molecule has 0 amide bonds. The third-order valence-corrected chi connectivity index (χ3v) is 4.17. The molecule has 8 nitrogen and oxygen atoms in total. The highest BCUT2D eigenvalue weighted by Crippen LogP contribution is 2.34. The van der Waals surface area contributed by atoms with Crippen LogP contribution in [-0.4, -0.2) is 48.0 Å². The maximum Gasteiger partial charge on any atom is 0.347 e. The number of ether oxygens (including phenoxy) is 3. The Kier molecular flexibility index (Phi) is 6.29. The molecule has 0 spiro atoms. The molecule has 0 saturated heterocycles. The summed E-state index contributed by atoms with van der Waals surface area (Å²) in [5, 5.41) is 9.35. The first-order valence-electron chi connectivity index (χ1n) is 7.27. The normalized spacial score (nSPS) is 16.3. The molecular formula is C15H20N2O6S. The van der Waals surface area contributed by atoms with Crippen LogP contribution in [0.5, 0.6) is 11.5 Å². The zero-order chi connectivity index (χ0) is 17.7. The van der Waals surface area contributed by atoms with Crippen molar-refractivity contribution in [1.82, 2.24) is 0 Å². The Balaban J connectivity index is 2.09. The summed E-state index contributed by atoms with van der Waals surface area (Å²) in [5.41, 5.74) is 12.1. The van der Waals surface area contributed by atoms with E-state index >= 15 is 0 Å². The number of thioether (sulfide) groups is 1. The van der Waals surface area contributed by atoms with Crippen molar-refractivity contribution in [3.8, 4) is 11.5 Å². The van der Waals surface area contributed by atoms with Crippen LogP contribution in [0, 0.1) is 0 Å². The van der Waals surface area contributed by atoms with Crippen molar-refractivity contribution in [3.05, 3.63) is 23.8 Å². The molecule has 9 heteroatoms. The van der Waals surface area contributed by atoms with E-state index in [0.717, 1.165) is 0 Å². The topological polar surface area (TPSA) is 134 Å². The number of hydrogen-bond donors (Lipinski definition) is 3. The van der Waals surface area contributed by atoms with Crippen molar-refractivity contribution in [2.75, 3.05) is 18.8 Å². The van der Waals surface area contributed by atoms with Gasteiger partial charge >= 0.3 is 11.9 Å². The zero-order valence-electron chi connectivity index (χ0n) is 13.1. The van der Waals surface area contributed by atoms with E-state index < -0.39 is 30.1 Å². The minimum atomic E-state index is -1.54. The number of nitrogens with two attached hydrogens (primary N) is 2. The van der Waals surface area contributed by atoms with Crippen molar-refractivity contribution in [2.45, 2.75) is 24.6 Å². The smallest absolute Gasteiger partial charge is 0.347 e. The van der Waals surface area contributed by atoms with Crippen molar-refractivity contribution in [2.24, 2.45) is 11.5 Å². The van der Waals surface area contributed by atoms with Gasteiger partial charge < -0.3 is 30.8 Å². The minimum absolute atomic E-state index is 0.0929. The van der Waals surface area contributed by atoms with Crippen LogP contribution in [0.3, 0.4) is 0 Å². The second-order valence-electron chi connectivity index (χ2n) is 5.22. The lowest BCUT2D eigenvalue weighted by Crippen LogP contribution is -2.42. The number of esters is 1. The van der Waals surface area contributed by atoms with Crippen molar-refractivity contribution in [3.63, 3.8) is 0 Å². The third-order valence-electron chi connectivity index (χ3n) is 3.53. The number of hydrogen-bond acceptors (Lipinski definition) is 8. The fourth-order valence-corrected chi connectivity index (χ4v) is 2.64. The Hall–Kier alpha value is -1.97. The molecule has 3 unspecified atom stereocenters. The summed E-state index contributed by atoms with van der Waals surface area (Å²) in [5.74, 6) is -0.440. The maximum absolute atomic E-state index is 12.0. The molecule has 0 fully saturated rings. The molecule has 5 N–H and O–H groups in total. The molecular weight excluding hydrogens is 336 g/mol. The standard InChI is InChI=1S/C15H20N2O6S/c1-24-5-4-9(16)15(20)23-13(14(18)19)12(17)8-2-3-10-11(6-8)22-7-21-10/h2-3,6,9,12-13H,4-5,7,16-17H2,1H3,(H,18,19). The average molecular weight is 356 g/mol. The molecule has 1 aromatic rings. The molecule has 132 valence electrons. The van der Waals surface area contributed by atoms with Gasteiger partial charge in [0.2, 0.25) is 12.9 Å². The SMILES string of the molecule is CSCCC(N)C(=O)OC(C(=O)O)C(N)c1ccc2c(c1)OCO2. The van der Waals surface area contributed by atoms with Crippen LogP contribution < -0.4 is 20.9 Å². The third kappa shape index (κ3) is 4.31. The first kappa shape index (κ1) is 18.4. The number of carbonyl (C=O) groups excluding carboxylic acids is 1. The lowest BCUT2D eigenvalue weighted by molar-refractivity contribution is -0.166. The number of carboxylic acids is 1. The van der Waals surface area contributed by atoms with E-state index in [1.807, 2.05) is 6.26 Å². The molecule has 1 heterocycles. The fourth-order valence-electron chi connectivity index (χ4n) is 2.15. The summed E-state index contributed by atoms with van der Waals surface area (Å²) in [6, 6.07) is 2.86. The van der Waals surface area contributed by atoms with E-state index in [4.69, 9.17) is 25.7 Å². The monoisotopic (exact) mass is 356 g/mol. The number of aliphatic carboxylic acids is 1. The Morgan fingerprint density at radius 2 is 2.04 bits per heavy atom. The van der Waals surface area contributed by atoms with E-state index in [1.54, 1.807) is 18.2 Å². The molecule has 2 rings (SSSR count). The van der Waals surface area contributed by atoms with E-state index in [1.165, 1.54) is 11.8 Å². The number of rotatable bonds is 8. The summed E-state index contributed by atoms with van der Waals surface area (Å²) in [6.45, 7) is 0.0929. The van der Waals surface area contributed by atoms with Crippen LogP contribution in [0.25, 0.3) is 0 Å². The summed E-state index contributed by atoms with van der Waals surface area (Å²) < 4.78 is 15.5. The van der Waals surface area contributed by atoms with E-state index in [0.29, 0.717) is 29.2 Å². The second kappa shape index (κ2) is 8.22. The van der Waals surface area contributed by atoms with Gasteiger partial charge in [0.05, 0.1) is 6.04 Å². The van der Waals surface area contributed by atoms with E-state index in [9.17, 15) is 14.7 Å². The highest BCUT2D eigenvalue weighted by molar-refractivity contribution is 7.98. The van der Waals surface area contributed by atoms with Crippen LogP contribution in [0.4, 0.5) is 0 Å². The van der Waals surface area contributed by atoms with Gasteiger partial charge in [-0.1, -0.05) is 6.07 Å². The lowest BCUT2D eigenvalue weighted by Gasteiger charge is -2.22. The number of benzene rings is 1. The summed E-state index contributed by atoms with van der Waals surface area (Å²) >= 11 is 1.53. The van der Waals surface area contributed by atoms with Crippen LogP contribution in [-0.2, 0) is 14.3 Å².